The first-order valence-electron chi connectivity index (χ1n) is 5.92. The molecule has 0 aliphatic heterocycles. The lowest BCUT2D eigenvalue weighted by molar-refractivity contribution is 0.135. The zero-order valence-corrected chi connectivity index (χ0v) is 9.10. The molecule has 2 fully saturated rings. The summed E-state index contributed by atoms with van der Waals surface area (Å²) < 4.78 is 0. The van der Waals surface area contributed by atoms with E-state index in [4.69, 9.17) is 0 Å². The van der Waals surface area contributed by atoms with Crippen LogP contribution in [-0.4, -0.2) is 12.6 Å². The van der Waals surface area contributed by atoms with Crippen LogP contribution >= 0.6 is 0 Å². The number of nitrogens with one attached hydrogen (secondary N) is 1. The molecule has 13 heavy (non-hydrogen) atoms. The first-order chi connectivity index (χ1) is 6.18. The predicted octanol–water partition coefficient (Wildman–Crippen LogP) is 2.95. The summed E-state index contributed by atoms with van der Waals surface area (Å²) in [6.07, 6.45) is 8.64. The molecule has 0 spiro atoms. The third kappa shape index (κ3) is 2.46. The third-order valence-corrected chi connectivity index (χ3v) is 3.96. The molecule has 0 bridgehead atoms. The van der Waals surface area contributed by atoms with Crippen LogP contribution in [0.2, 0.25) is 0 Å². The van der Waals surface area contributed by atoms with Crippen LogP contribution in [0, 0.1) is 11.3 Å². The molecule has 0 aromatic rings. The summed E-state index contributed by atoms with van der Waals surface area (Å²) in [6.45, 7) is 6.18. The van der Waals surface area contributed by atoms with E-state index in [1.807, 2.05) is 0 Å². The molecule has 0 aromatic carbocycles. The van der Waals surface area contributed by atoms with Gasteiger partial charge >= 0.3 is 0 Å². The molecule has 2 saturated carbocycles. The predicted molar refractivity (Wildman–Crippen MR) is 56.8 cm³/mol. The van der Waals surface area contributed by atoms with Crippen LogP contribution in [-0.2, 0) is 0 Å². The van der Waals surface area contributed by atoms with E-state index in [9.17, 15) is 0 Å². The topological polar surface area (TPSA) is 12.0 Å². The fourth-order valence-corrected chi connectivity index (χ4v) is 2.54. The van der Waals surface area contributed by atoms with Crippen molar-refractivity contribution in [2.24, 2.45) is 11.3 Å². The molecule has 1 atom stereocenters. The highest BCUT2D eigenvalue weighted by Crippen LogP contribution is 2.40. The molecule has 0 radical (unpaired) electrons. The second kappa shape index (κ2) is 3.61. The van der Waals surface area contributed by atoms with Gasteiger partial charge in [0.2, 0.25) is 0 Å². The SMILES string of the molecule is CC1(C)CCCCC1CNC1CC1. The molecule has 1 N–H and O–H groups in total. The molecular weight excluding hydrogens is 158 g/mol. The Hall–Kier alpha value is -0.0400. The van der Waals surface area contributed by atoms with Crippen molar-refractivity contribution in [3.8, 4) is 0 Å². The summed E-state index contributed by atoms with van der Waals surface area (Å²) >= 11 is 0. The summed E-state index contributed by atoms with van der Waals surface area (Å²) in [6, 6.07) is 0.887. The lowest BCUT2D eigenvalue weighted by Gasteiger charge is -2.38. The van der Waals surface area contributed by atoms with E-state index in [1.54, 1.807) is 0 Å². The highest BCUT2D eigenvalue weighted by atomic mass is 14.9. The highest BCUT2D eigenvalue weighted by Gasteiger charge is 2.33. The van der Waals surface area contributed by atoms with Crippen molar-refractivity contribution in [3.63, 3.8) is 0 Å². The maximum absolute atomic E-state index is 3.68. The molecule has 0 heterocycles. The van der Waals surface area contributed by atoms with E-state index in [1.165, 1.54) is 45.1 Å². The minimum absolute atomic E-state index is 0.597. The van der Waals surface area contributed by atoms with Crippen molar-refractivity contribution in [1.82, 2.24) is 5.32 Å². The first kappa shape index (κ1) is 9.51. The van der Waals surface area contributed by atoms with Gasteiger partial charge in [0.15, 0.2) is 0 Å². The summed E-state index contributed by atoms with van der Waals surface area (Å²) in [5, 5.41) is 3.68. The largest absolute Gasteiger partial charge is 0.314 e. The minimum atomic E-state index is 0.597. The lowest BCUT2D eigenvalue weighted by atomic mass is 9.69. The van der Waals surface area contributed by atoms with Crippen LogP contribution < -0.4 is 5.32 Å². The molecular formula is C12H23N. The summed E-state index contributed by atoms with van der Waals surface area (Å²) in [4.78, 5) is 0. The van der Waals surface area contributed by atoms with Gasteiger partial charge in [-0.1, -0.05) is 26.7 Å². The van der Waals surface area contributed by atoms with Gasteiger partial charge in [-0.2, -0.15) is 0 Å². The standard InChI is InChI=1S/C12H23N/c1-12(2)8-4-3-5-10(12)9-13-11-6-7-11/h10-11,13H,3-9H2,1-2H3. The van der Waals surface area contributed by atoms with Gasteiger partial charge in [-0.3, -0.25) is 0 Å². The molecule has 76 valence electrons. The number of hydrogen-bond donors (Lipinski definition) is 1. The maximum Gasteiger partial charge on any atom is 0.00683 e. The highest BCUT2D eigenvalue weighted by molar-refractivity contribution is 4.87. The van der Waals surface area contributed by atoms with Crippen molar-refractivity contribution in [1.29, 1.82) is 0 Å². The van der Waals surface area contributed by atoms with E-state index < -0.39 is 0 Å². The summed E-state index contributed by atoms with van der Waals surface area (Å²) in [5.74, 6) is 0.932. The van der Waals surface area contributed by atoms with Gasteiger partial charge < -0.3 is 5.32 Å². The smallest absolute Gasteiger partial charge is 0.00683 e. The molecule has 2 aliphatic rings. The average Bonchev–Trinajstić information content (AvgIpc) is 2.85. The van der Waals surface area contributed by atoms with Crippen molar-refractivity contribution in [2.45, 2.75) is 58.4 Å². The molecule has 2 rings (SSSR count). The minimum Gasteiger partial charge on any atom is -0.314 e. The van der Waals surface area contributed by atoms with Gasteiger partial charge in [0.1, 0.15) is 0 Å². The van der Waals surface area contributed by atoms with Crippen molar-refractivity contribution in [2.75, 3.05) is 6.54 Å². The third-order valence-electron chi connectivity index (χ3n) is 3.96. The molecule has 1 nitrogen and oxygen atoms in total. The average molecular weight is 181 g/mol. The van der Waals surface area contributed by atoms with E-state index in [2.05, 4.69) is 19.2 Å². The van der Waals surface area contributed by atoms with E-state index >= 15 is 0 Å². The van der Waals surface area contributed by atoms with Crippen molar-refractivity contribution in [3.05, 3.63) is 0 Å². The molecule has 2 aliphatic carbocycles. The van der Waals surface area contributed by atoms with Crippen LogP contribution in [0.15, 0.2) is 0 Å². The molecule has 0 saturated heterocycles. The number of rotatable bonds is 3. The van der Waals surface area contributed by atoms with Crippen LogP contribution in [0.25, 0.3) is 0 Å². The molecule has 1 unspecified atom stereocenters. The molecule has 0 aromatic heterocycles. The van der Waals surface area contributed by atoms with Gasteiger partial charge in [0.05, 0.1) is 0 Å². The zero-order chi connectivity index (χ0) is 9.31. The summed E-state index contributed by atoms with van der Waals surface area (Å²) in [5.41, 5.74) is 0.597. The van der Waals surface area contributed by atoms with E-state index in [0.717, 1.165) is 12.0 Å². The van der Waals surface area contributed by atoms with Crippen LogP contribution in [0.1, 0.15) is 52.4 Å². The monoisotopic (exact) mass is 181 g/mol. The Morgan fingerprint density at radius 1 is 1.15 bits per heavy atom. The Morgan fingerprint density at radius 2 is 1.92 bits per heavy atom. The first-order valence-corrected chi connectivity index (χ1v) is 5.92. The van der Waals surface area contributed by atoms with Crippen LogP contribution in [0.5, 0.6) is 0 Å². The van der Waals surface area contributed by atoms with Crippen LogP contribution in [0.4, 0.5) is 0 Å². The van der Waals surface area contributed by atoms with Gasteiger partial charge in [-0.05, 0) is 43.6 Å². The molecule has 0 amide bonds. The Labute approximate surface area is 82.3 Å². The van der Waals surface area contributed by atoms with Crippen molar-refractivity contribution >= 4 is 0 Å². The quantitative estimate of drug-likeness (QED) is 0.706. The van der Waals surface area contributed by atoms with Gasteiger partial charge in [-0.15, -0.1) is 0 Å². The van der Waals surface area contributed by atoms with Crippen LogP contribution in [0.3, 0.4) is 0 Å². The Balaban J connectivity index is 1.79. The second-order valence-corrected chi connectivity index (χ2v) is 5.61. The second-order valence-electron chi connectivity index (χ2n) is 5.61. The maximum atomic E-state index is 3.68. The van der Waals surface area contributed by atoms with E-state index in [-0.39, 0.29) is 0 Å². The normalized spacial score (nSPS) is 33.2. The zero-order valence-electron chi connectivity index (χ0n) is 9.10. The fourth-order valence-electron chi connectivity index (χ4n) is 2.54. The van der Waals surface area contributed by atoms with Gasteiger partial charge in [0.25, 0.3) is 0 Å². The Bertz CT molecular complexity index is 170. The Morgan fingerprint density at radius 3 is 2.54 bits per heavy atom. The molecule has 1 heteroatoms. The van der Waals surface area contributed by atoms with Crippen molar-refractivity contribution < 1.29 is 0 Å². The summed E-state index contributed by atoms with van der Waals surface area (Å²) in [7, 11) is 0. The van der Waals surface area contributed by atoms with Gasteiger partial charge in [-0.25, -0.2) is 0 Å². The fraction of sp³-hybridized carbons (Fsp3) is 1.00. The number of hydrogen-bond acceptors (Lipinski definition) is 1. The van der Waals surface area contributed by atoms with E-state index in [0.29, 0.717) is 5.41 Å². The lowest BCUT2D eigenvalue weighted by Crippen LogP contribution is -2.36. The van der Waals surface area contributed by atoms with Gasteiger partial charge in [0, 0.05) is 6.04 Å². The Kier molecular flexibility index (Phi) is 2.64.